The molecular weight excluding hydrogens is 506 g/mol. The summed E-state index contributed by atoms with van der Waals surface area (Å²) in [6, 6.07) is 13.9. The van der Waals surface area contributed by atoms with Crippen LogP contribution in [0.5, 0.6) is 0 Å². The van der Waals surface area contributed by atoms with E-state index in [0.717, 1.165) is 23.1 Å². The van der Waals surface area contributed by atoms with Gasteiger partial charge in [-0.05, 0) is 56.2 Å². The molecule has 3 fully saturated rings. The molecule has 0 saturated carbocycles. The summed E-state index contributed by atoms with van der Waals surface area (Å²) >= 11 is 0. The Balaban J connectivity index is 1.53. The number of likely N-dealkylation sites (tertiary alicyclic amines) is 1. The third-order valence-corrected chi connectivity index (χ3v) is 9.63. The van der Waals surface area contributed by atoms with E-state index in [1.807, 2.05) is 83.1 Å². The molecule has 0 aliphatic carbocycles. The summed E-state index contributed by atoms with van der Waals surface area (Å²) in [5.41, 5.74) is 1.49. The first-order valence-electron chi connectivity index (χ1n) is 14.4. The lowest BCUT2D eigenvalue weighted by molar-refractivity contribution is -0.149. The van der Waals surface area contributed by atoms with Crippen LogP contribution in [-0.4, -0.2) is 57.6 Å². The van der Waals surface area contributed by atoms with E-state index < -0.39 is 35.1 Å². The largest absolute Gasteiger partial charge is 0.394 e. The lowest BCUT2D eigenvalue weighted by Crippen LogP contribution is -2.57. The zero-order valence-electron chi connectivity index (χ0n) is 24.1. The Bertz CT molecular complexity index is 1280. The van der Waals surface area contributed by atoms with Gasteiger partial charge in [0.2, 0.25) is 17.7 Å². The number of carbonyl (C=O) groups is 3. The molecule has 3 N–H and O–H groups in total. The van der Waals surface area contributed by atoms with E-state index in [-0.39, 0.29) is 30.2 Å². The van der Waals surface area contributed by atoms with Crippen LogP contribution < -0.4 is 10.6 Å². The molecule has 3 aliphatic rings. The maximum absolute atomic E-state index is 14.4. The zero-order valence-corrected chi connectivity index (χ0v) is 24.1. The fourth-order valence-electron chi connectivity index (χ4n) is 7.33. The van der Waals surface area contributed by atoms with E-state index in [2.05, 4.69) is 10.6 Å². The van der Waals surface area contributed by atoms with Crippen LogP contribution in [0.1, 0.15) is 56.7 Å². The van der Waals surface area contributed by atoms with E-state index in [1.54, 1.807) is 4.90 Å². The minimum absolute atomic E-state index is 0.0576. The second kappa shape index (κ2) is 10.6. The highest BCUT2D eigenvalue weighted by Gasteiger charge is 2.78. The van der Waals surface area contributed by atoms with E-state index in [0.29, 0.717) is 25.1 Å². The summed E-state index contributed by atoms with van der Waals surface area (Å²) in [5.74, 6) is -2.49. The molecule has 2 aromatic carbocycles. The number of aliphatic hydroxyl groups is 1. The maximum Gasteiger partial charge on any atom is 0.250 e. The Morgan fingerprint density at radius 1 is 1.07 bits per heavy atom. The Labute approximate surface area is 236 Å². The number of fused-ring (bicyclic) bond motifs is 1. The molecule has 1 spiro atoms. The van der Waals surface area contributed by atoms with Crippen LogP contribution in [0.3, 0.4) is 0 Å². The van der Waals surface area contributed by atoms with Crippen molar-refractivity contribution in [2.75, 3.05) is 11.9 Å². The second-order valence-corrected chi connectivity index (χ2v) is 12.1. The van der Waals surface area contributed by atoms with Crippen LogP contribution in [0.4, 0.5) is 5.69 Å². The maximum atomic E-state index is 14.4. The van der Waals surface area contributed by atoms with Crippen molar-refractivity contribution in [1.29, 1.82) is 0 Å². The van der Waals surface area contributed by atoms with Crippen LogP contribution in [0, 0.1) is 31.6 Å². The highest BCUT2D eigenvalue weighted by Crippen LogP contribution is 2.63. The number of rotatable bonds is 9. The van der Waals surface area contributed by atoms with Crippen molar-refractivity contribution in [2.45, 2.75) is 83.7 Å². The third kappa shape index (κ3) is 4.41. The van der Waals surface area contributed by atoms with Gasteiger partial charge in [0.05, 0.1) is 30.1 Å². The third-order valence-electron chi connectivity index (χ3n) is 9.63. The van der Waals surface area contributed by atoms with Crippen molar-refractivity contribution in [1.82, 2.24) is 10.2 Å². The smallest absolute Gasteiger partial charge is 0.250 e. The van der Waals surface area contributed by atoms with E-state index in [1.165, 1.54) is 0 Å². The van der Waals surface area contributed by atoms with Crippen molar-refractivity contribution in [3.63, 3.8) is 0 Å². The van der Waals surface area contributed by atoms with Crippen molar-refractivity contribution < 1.29 is 24.2 Å². The molecule has 8 heteroatoms. The number of anilines is 1. The van der Waals surface area contributed by atoms with Gasteiger partial charge in [0.1, 0.15) is 11.6 Å². The predicted octanol–water partition coefficient (Wildman–Crippen LogP) is 3.73. The molecule has 2 unspecified atom stereocenters. The number of amides is 3. The lowest BCUT2D eigenvalue weighted by Gasteiger charge is -2.39. The molecule has 3 aliphatic heterocycles. The van der Waals surface area contributed by atoms with Crippen LogP contribution in [0.15, 0.2) is 48.5 Å². The minimum atomic E-state index is -1.15. The summed E-state index contributed by atoms with van der Waals surface area (Å²) in [6.07, 6.45) is 1.77. The van der Waals surface area contributed by atoms with Crippen molar-refractivity contribution in [2.24, 2.45) is 17.8 Å². The Hall–Kier alpha value is -3.23. The summed E-state index contributed by atoms with van der Waals surface area (Å²) in [4.78, 5) is 44.0. The van der Waals surface area contributed by atoms with Gasteiger partial charge in [-0.2, -0.15) is 0 Å². The number of aryl methyl sites for hydroxylation is 2. The van der Waals surface area contributed by atoms with Gasteiger partial charge in [0.25, 0.3) is 0 Å². The lowest BCUT2D eigenvalue weighted by atomic mass is 9.66. The van der Waals surface area contributed by atoms with Crippen LogP contribution in [0.2, 0.25) is 0 Å². The summed E-state index contributed by atoms with van der Waals surface area (Å²) in [5, 5.41) is 16.6. The van der Waals surface area contributed by atoms with Crippen LogP contribution in [-0.2, 0) is 25.7 Å². The van der Waals surface area contributed by atoms with Crippen molar-refractivity contribution in [3.05, 3.63) is 65.2 Å². The quantitative estimate of drug-likeness (QED) is 0.444. The van der Waals surface area contributed by atoms with Crippen LogP contribution in [0.25, 0.3) is 0 Å². The molecule has 3 heterocycles. The van der Waals surface area contributed by atoms with Gasteiger partial charge in [0, 0.05) is 12.2 Å². The van der Waals surface area contributed by atoms with Gasteiger partial charge in [-0.15, -0.1) is 0 Å². The van der Waals surface area contributed by atoms with Gasteiger partial charge in [-0.1, -0.05) is 68.8 Å². The average molecular weight is 548 g/mol. The number of para-hydroxylation sites is 1. The van der Waals surface area contributed by atoms with E-state index in [4.69, 9.17) is 4.74 Å². The molecule has 8 nitrogen and oxygen atoms in total. The molecule has 40 heavy (non-hydrogen) atoms. The van der Waals surface area contributed by atoms with E-state index in [9.17, 15) is 19.5 Å². The van der Waals surface area contributed by atoms with Gasteiger partial charge in [0.15, 0.2) is 0 Å². The molecule has 214 valence electrons. The zero-order chi connectivity index (χ0) is 28.8. The normalized spacial score (nSPS) is 30.2. The predicted molar refractivity (Wildman–Crippen MR) is 152 cm³/mol. The molecular formula is C32H41N3O5. The number of benzene rings is 2. The number of hydrogen-bond donors (Lipinski definition) is 3. The number of nitrogens with one attached hydrogen (secondary N) is 2. The molecule has 0 aromatic heterocycles. The Morgan fingerprint density at radius 2 is 1.75 bits per heavy atom. The van der Waals surface area contributed by atoms with Gasteiger partial charge >= 0.3 is 0 Å². The van der Waals surface area contributed by atoms with Gasteiger partial charge in [-0.25, -0.2) is 0 Å². The number of carbonyl (C=O) groups excluding carboxylic acids is 3. The Morgan fingerprint density at radius 3 is 2.38 bits per heavy atom. The molecule has 3 amide bonds. The summed E-state index contributed by atoms with van der Waals surface area (Å²) in [7, 11) is 0. The fraction of sp³-hybridized carbons (Fsp3) is 0.531. The van der Waals surface area contributed by atoms with E-state index >= 15 is 0 Å². The molecule has 5 rings (SSSR count). The van der Waals surface area contributed by atoms with Gasteiger partial charge < -0.3 is 25.4 Å². The molecule has 2 aromatic rings. The number of nitrogens with zero attached hydrogens (tertiary/aromatic N) is 1. The average Bonchev–Trinajstić information content (AvgIpc) is 3.51. The van der Waals surface area contributed by atoms with Crippen molar-refractivity contribution >= 4 is 23.4 Å². The monoisotopic (exact) mass is 547 g/mol. The standard InChI is InChI=1S/C32H41N3O5/c1-6-19(2)23(18-36)35-27(29(38)34-26-20(3)11-10-12-21(26)4)32-16-15-31(5,40-32)24(25(32)30(35)39)28(37)33-17-22-13-8-7-9-14-22/h7-14,19,23-25,27,36H,6,15-18H2,1-5H3,(H,33,37)(H,34,38)/t19-,23-,24-,25-,27?,31+,32?/m0/s1. The first-order valence-corrected chi connectivity index (χ1v) is 14.4. The first-order chi connectivity index (χ1) is 19.1. The molecule has 2 bridgehead atoms. The van der Waals surface area contributed by atoms with Crippen molar-refractivity contribution in [3.8, 4) is 0 Å². The highest BCUT2D eigenvalue weighted by molar-refractivity contribution is 6.04. The number of hydrogen-bond acceptors (Lipinski definition) is 5. The molecule has 0 radical (unpaired) electrons. The molecule has 3 saturated heterocycles. The van der Waals surface area contributed by atoms with Crippen LogP contribution >= 0.6 is 0 Å². The fourth-order valence-corrected chi connectivity index (χ4v) is 7.33. The summed E-state index contributed by atoms with van der Waals surface area (Å²) < 4.78 is 6.73. The molecule has 7 atom stereocenters. The first kappa shape index (κ1) is 28.3. The highest BCUT2D eigenvalue weighted by atomic mass is 16.5. The van der Waals surface area contributed by atoms with Gasteiger partial charge in [-0.3, -0.25) is 14.4 Å². The topological polar surface area (TPSA) is 108 Å². The number of ether oxygens (including phenoxy) is 1. The second-order valence-electron chi connectivity index (χ2n) is 12.1. The SMILES string of the molecule is CC[C@H](C)[C@H](CO)N1C(=O)[C@@H]2[C@@H](C(=O)NCc3ccccc3)[C@@]3(C)CCC2(O3)C1C(=O)Nc1c(C)cccc1C. The summed E-state index contributed by atoms with van der Waals surface area (Å²) in [6.45, 7) is 9.80. The number of aliphatic hydroxyl groups excluding tert-OH is 1. The Kier molecular flexibility index (Phi) is 7.52. The minimum Gasteiger partial charge on any atom is -0.394 e.